The number of carboxylic acid groups (broad SMARTS) is 1. The minimum Gasteiger partial charge on any atom is -0.477 e. The van der Waals surface area contributed by atoms with Crippen LogP contribution in [-0.2, 0) is 7.05 Å². The van der Waals surface area contributed by atoms with Crippen LogP contribution in [0.15, 0.2) is 30.6 Å². The molecule has 0 aliphatic heterocycles. The summed E-state index contributed by atoms with van der Waals surface area (Å²) in [6, 6.07) is 4.89. The van der Waals surface area contributed by atoms with E-state index >= 15 is 0 Å². The maximum atomic E-state index is 10.6. The molecule has 0 saturated carbocycles. The van der Waals surface area contributed by atoms with Crippen molar-refractivity contribution in [2.75, 3.05) is 5.32 Å². The van der Waals surface area contributed by atoms with Crippen LogP contribution in [0.5, 0.6) is 0 Å². The quantitative estimate of drug-likeness (QED) is 0.810. The van der Waals surface area contributed by atoms with Gasteiger partial charge in [-0.2, -0.15) is 5.10 Å². The molecule has 0 bridgehead atoms. The predicted molar refractivity (Wildman–Crippen MR) is 57.7 cm³/mol. The van der Waals surface area contributed by atoms with Crippen molar-refractivity contribution < 1.29 is 9.90 Å². The van der Waals surface area contributed by atoms with Crippen LogP contribution in [-0.4, -0.2) is 25.8 Å². The maximum absolute atomic E-state index is 10.6. The summed E-state index contributed by atoms with van der Waals surface area (Å²) in [5.41, 5.74) is 0.718. The van der Waals surface area contributed by atoms with Crippen LogP contribution in [0.2, 0.25) is 0 Å². The van der Waals surface area contributed by atoms with E-state index < -0.39 is 5.97 Å². The molecule has 2 N–H and O–H groups in total. The van der Waals surface area contributed by atoms with E-state index in [1.807, 2.05) is 13.1 Å². The lowest BCUT2D eigenvalue weighted by molar-refractivity contribution is 0.0690. The van der Waals surface area contributed by atoms with E-state index in [1.165, 1.54) is 12.3 Å². The lowest BCUT2D eigenvalue weighted by Crippen LogP contribution is -2.00. The van der Waals surface area contributed by atoms with E-state index in [1.54, 1.807) is 16.9 Å². The van der Waals surface area contributed by atoms with E-state index in [0.717, 1.165) is 0 Å². The van der Waals surface area contributed by atoms with Gasteiger partial charge in [0.2, 0.25) is 0 Å². The van der Waals surface area contributed by atoms with Gasteiger partial charge in [-0.3, -0.25) is 4.68 Å². The average molecular weight is 218 g/mol. The van der Waals surface area contributed by atoms with Crippen LogP contribution in [0.3, 0.4) is 0 Å². The summed E-state index contributed by atoms with van der Waals surface area (Å²) < 4.78 is 1.67. The number of anilines is 2. The predicted octanol–water partition coefficient (Wildman–Crippen LogP) is 1.26. The number of carboxylic acids is 1. The van der Waals surface area contributed by atoms with Gasteiger partial charge in [-0.25, -0.2) is 9.78 Å². The average Bonchev–Trinajstić information content (AvgIpc) is 2.65. The van der Waals surface area contributed by atoms with Gasteiger partial charge in [0.15, 0.2) is 5.82 Å². The summed E-state index contributed by atoms with van der Waals surface area (Å²) in [5.74, 6) is -0.350. The Bertz CT molecular complexity index is 504. The van der Waals surface area contributed by atoms with Gasteiger partial charge in [0.05, 0.1) is 11.9 Å². The van der Waals surface area contributed by atoms with Gasteiger partial charge in [-0.15, -0.1) is 0 Å². The Morgan fingerprint density at radius 3 is 2.75 bits per heavy atom. The van der Waals surface area contributed by atoms with Gasteiger partial charge in [0.25, 0.3) is 0 Å². The van der Waals surface area contributed by atoms with E-state index in [2.05, 4.69) is 15.4 Å². The Balaban J connectivity index is 2.14. The molecule has 16 heavy (non-hydrogen) atoms. The van der Waals surface area contributed by atoms with Crippen molar-refractivity contribution in [3.8, 4) is 0 Å². The number of nitrogens with zero attached hydrogens (tertiary/aromatic N) is 3. The second-order valence-electron chi connectivity index (χ2n) is 3.24. The number of hydrogen-bond acceptors (Lipinski definition) is 4. The number of aromatic carboxylic acids is 1. The molecule has 2 heterocycles. The number of nitrogens with one attached hydrogen (secondary N) is 1. The monoisotopic (exact) mass is 218 g/mol. The number of aromatic nitrogens is 3. The Morgan fingerprint density at radius 1 is 1.44 bits per heavy atom. The van der Waals surface area contributed by atoms with Crippen LogP contribution >= 0.6 is 0 Å². The Morgan fingerprint density at radius 2 is 2.25 bits per heavy atom. The van der Waals surface area contributed by atoms with E-state index in [9.17, 15) is 4.79 Å². The minimum atomic E-state index is -1.04. The van der Waals surface area contributed by atoms with Gasteiger partial charge in [-0.1, -0.05) is 0 Å². The van der Waals surface area contributed by atoms with Crippen molar-refractivity contribution in [1.82, 2.24) is 14.8 Å². The fourth-order valence-corrected chi connectivity index (χ4v) is 1.22. The standard InChI is InChI=1S/C10H10N4O2/c1-14-5-4-9(13-14)12-7-2-3-8(10(15)16)11-6-7/h2-6H,1H3,(H,12,13)(H,15,16). The Labute approximate surface area is 91.6 Å². The summed E-state index contributed by atoms with van der Waals surface area (Å²) >= 11 is 0. The summed E-state index contributed by atoms with van der Waals surface area (Å²) in [6.07, 6.45) is 3.26. The summed E-state index contributed by atoms with van der Waals surface area (Å²) in [4.78, 5) is 14.4. The first-order chi connectivity index (χ1) is 7.65. The number of hydrogen-bond donors (Lipinski definition) is 2. The molecule has 0 amide bonds. The largest absolute Gasteiger partial charge is 0.477 e. The molecular formula is C10H10N4O2. The topological polar surface area (TPSA) is 80.0 Å². The Hall–Kier alpha value is -2.37. The molecule has 0 fully saturated rings. The summed E-state index contributed by atoms with van der Waals surface area (Å²) in [7, 11) is 1.82. The van der Waals surface area contributed by atoms with Gasteiger partial charge in [0, 0.05) is 19.3 Å². The zero-order chi connectivity index (χ0) is 11.5. The second kappa shape index (κ2) is 4.01. The minimum absolute atomic E-state index is 0.0200. The fourth-order valence-electron chi connectivity index (χ4n) is 1.22. The van der Waals surface area contributed by atoms with Crippen LogP contribution in [0.25, 0.3) is 0 Å². The Kier molecular flexibility index (Phi) is 2.55. The molecule has 6 heteroatoms. The highest BCUT2D eigenvalue weighted by Gasteiger charge is 2.04. The number of aryl methyl sites for hydroxylation is 1. The zero-order valence-electron chi connectivity index (χ0n) is 8.58. The third-order valence-corrected chi connectivity index (χ3v) is 1.97. The van der Waals surface area contributed by atoms with Crippen molar-refractivity contribution in [2.45, 2.75) is 0 Å². The number of rotatable bonds is 3. The van der Waals surface area contributed by atoms with Crippen LogP contribution in [0, 0.1) is 0 Å². The van der Waals surface area contributed by atoms with Gasteiger partial charge in [-0.05, 0) is 12.1 Å². The van der Waals surface area contributed by atoms with Crippen molar-refractivity contribution in [3.05, 3.63) is 36.3 Å². The molecule has 0 aliphatic carbocycles. The summed E-state index contributed by atoms with van der Waals surface area (Å²) in [6.45, 7) is 0. The highest BCUT2D eigenvalue weighted by atomic mass is 16.4. The van der Waals surface area contributed by atoms with Gasteiger partial charge < -0.3 is 10.4 Å². The van der Waals surface area contributed by atoms with Crippen LogP contribution in [0.4, 0.5) is 11.5 Å². The molecule has 2 rings (SSSR count). The van der Waals surface area contributed by atoms with Crippen molar-refractivity contribution in [2.24, 2.45) is 7.05 Å². The lowest BCUT2D eigenvalue weighted by atomic mass is 10.3. The summed E-state index contributed by atoms with van der Waals surface area (Å²) in [5, 5.41) is 15.8. The van der Waals surface area contributed by atoms with E-state index in [4.69, 9.17) is 5.11 Å². The first kappa shape index (κ1) is 10.2. The zero-order valence-corrected chi connectivity index (χ0v) is 8.58. The second-order valence-corrected chi connectivity index (χ2v) is 3.24. The van der Waals surface area contributed by atoms with Crippen LogP contribution < -0.4 is 5.32 Å². The molecule has 2 aromatic heterocycles. The highest BCUT2D eigenvalue weighted by molar-refractivity contribution is 5.85. The van der Waals surface area contributed by atoms with E-state index in [-0.39, 0.29) is 5.69 Å². The highest BCUT2D eigenvalue weighted by Crippen LogP contribution is 2.12. The molecule has 0 radical (unpaired) electrons. The molecule has 0 atom stereocenters. The molecule has 2 aromatic rings. The molecule has 0 aromatic carbocycles. The van der Waals surface area contributed by atoms with Gasteiger partial charge >= 0.3 is 5.97 Å². The molecule has 0 aliphatic rings. The molecular weight excluding hydrogens is 208 g/mol. The fraction of sp³-hybridized carbons (Fsp3) is 0.100. The van der Waals surface area contributed by atoms with E-state index in [0.29, 0.717) is 11.5 Å². The third kappa shape index (κ3) is 2.17. The molecule has 0 unspecified atom stereocenters. The van der Waals surface area contributed by atoms with Crippen molar-refractivity contribution >= 4 is 17.5 Å². The number of pyridine rings is 1. The molecule has 0 spiro atoms. The molecule has 0 saturated heterocycles. The molecule has 82 valence electrons. The SMILES string of the molecule is Cn1ccc(Nc2ccc(C(=O)O)nc2)n1. The third-order valence-electron chi connectivity index (χ3n) is 1.97. The van der Waals surface area contributed by atoms with Crippen molar-refractivity contribution in [3.63, 3.8) is 0 Å². The maximum Gasteiger partial charge on any atom is 0.354 e. The first-order valence-electron chi connectivity index (χ1n) is 4.61. The van der Waals surface area contributed by atoms with Crippen LogP contribution in [0.1, 0.15) is 10.5 Å². The number of carbonyl (C=O) groups is 1. The lowest BCUT2D eigenvalue weighted by Gasteiger charge is -2.01. The smallest absolute Gasteiger partial charge is 0.354 e. The first-order valence-corrected chi connectivity index (χ1v) is 4.61. The molecule has 6 nitrogen and oxygen atoms in total. The van der Waals surface area contributed by atoms with Crippen molar-refractivity contribution in [1.29, 1.82) is 0 Å². The van der Waals surface area contributed by atoms with Gasteiger partial charge in [0.1, 0.15) is 5.69 Å². The normalized spacial score (nSPS) is 10.1.